The van der Waals surface area contributed by atoms with Crippen LogP contribution < -0.4 is 5.32 Å². The van der Waals surface area contributed by atoms with Crippen LogP contribution in [0.2, 0.25) is 0 Å². The summed E-state index contributed by atoms with van der Waals surface area (Å²) in [4.78, 5) is 0. The third-order valence-corrected chi connectivity index (χ3v) is 1.94. The molecule has 80 valence electrons. The van der Waals surface area contributed by atoms with Gasteiger partial charge in [0.05, 0.1) is 6.10 Å². The van der Waals surface area contributed by atoms with E-state index in [0.29, 0.717) is 6.61 Å². The van der Waals surface area contributed by atoms with Crippen LogP contribution in [0.15, 0.2) is 30.3 Å². The van der Waals surface area contributed by atoms with Gasteiger partial charge in [0.25, 0.3) is 0 Å². The fraction of sp³-hybridized carbons (Fsp3) is 0.385. The van der Waals surface area contributed by atoms with Crippen molar-refractivity contribution in [1.29, 1.82) is 0 Å². The molecular weight excluding hydrogens is 186 g/mol. The molecule has 1 rings (SSSR count). The van der Waals surface area contributed by atoms with Gasteiger partial charge in [-0.25, -0.2) is 0 Å². The van der Waals surface area contributed by atoms with E-state index in [1.54, 1.807) is 0 Å². The number of likely N-dealkylation sites (N-methyl/N-ethyl adjacent to an activating group) is 1. The molecule has 0 fully saturated rings. The Morgan fingerprint density at radius 1 is 1.33 bits per heavy atom. The van der Waals surface area contributed by atoms with Gasteiger partial charge in [0.15, 0.2) is 0 Å². The first-order chi connectivity index (χ1) is 7.33. The molecule has 0 heterocycles. The minimum absolute atomic E-state index is 0.208. The summed E-state index contributed by atoms with van der Waals surface area (Å²) in [6.45, 7) is 3.37. The molecule has 0 aliphatic heterocycles. The Morgan fingerprint density at radius 2 is 2.07 bits per heavy atom. The normalized spacial score (nSPS) is 11.6. The maximum atomic E-state index is 5.47. The Balaban J connectivity index is 2.28. The van der Waals surface area contributed by atoms with Gasteiger partial charge >= 0.3 is 0 Å². The third-order valence-electron chi connectivity index (χ3n) is 1.94. The van der Waals surface area contributed by atoms with Gasteiger partial charge in [-0.2, -0.15) is 0 Å². The molecule has 1 aromatic carbocycles. The molecule has 2 nitrogen and oxygen atoms in total. The van der Waals surface area contributed by atoms with Crippen LogP contribution in [0, 0.1) is 11.8 Å². The first kappa shape index (κ1) is 11.8. The second kappa shape index (κ2) is 7.05. The quantitative estimate of drug-likeness (QED) is 0.751. The fourth-order valence-electron chi connectivity index (χ4n) is 1.19. The van der Waals surface area contributed by atoms with E-state index >= 15 is 0 Å². The summed E-state index contributed by atoms with van der Waals surface area (Å²) in [5, 5.41) is 3.05. The van der Waals surface area contributed by atoms with E-state index in [1.165, 1.54) is 0 Å². The van der Waals surface area contributed by atoms with E-state index in [1.807, 2.05) is 44.3 Å². The molecule has 0 bridgehead atoms. The van der Waals surface area contributed by atoms with E-state index in [4.69, 9.17) is 4.74 Å². The highest BCUT2D eigenvalue weighted by molar-refractivity contribution is 5.33. The van der Waals surface area contributed by atoms with Crippen molar-refractivity contribution < 1.29 is 4.74 Å². The molecule has 1 N–H and O–H groups in total. The van der Waals surface area contributed by atoms with E-state index < -0.39 is 0 Å². The van der Waals surface area contributed by atoms with Gasteiger partial charge in [0.2, 0.25) is 0 Å². The van der Waals surface area contributed by atoms with Crippen LogP contribution in [0.4, 0.5) is 0 Å². The first-order valence-corrected chi connectivity index (χ1v) is 5.13. The summed E-state index contributed by atoms with van der Waals surface area (Å²) in [7, 11) is 1.91. The van der Waals surface area contributed by atoms with Crippen molar-refractivity contribution in [3.8, 4) is 11.8 Å². The highest BCUT2D eigenvalue weighted by Gasteiger charge is 1.96. The van der Waals surface area contributed by atoms with Crippen molar-refractivity contribution >= 4 is 0 Å². The summed E-state index contributed by atoms with van der Waals surface area (Å²) in [6.07, 6.45) is 0.208. The lowest BCUT2D eigenvalue weighted by Gasteiger charge is -2.08. The SMILES string of the molecule is CNCC(C)OCC#Cc1ccccc1. The Morgan fingerprint density at radius 3 is 2.73 bits per heavy atom. The maximum Gasteiger partial charge on any atom is 0.108 e. The van der Waals surface area contributed by atoms with Gasteiger partial charge < -0.3 is 10.1 Å². The Bertz CT molecular complexity index is 323. The molecule has 0 aliphatic carbocycles. The lowest BCUT2D eigenvalue weighted by atomic mass is 10.2. The first-order valence-electron chi connectivity index (χ1n) is 5.13. The van der Waals surface area contributed by atoms with Crippen molar-refractivity contribution in [2.75, 3.05) is 20.2 Å². The van der Waals surface area contributed by atoms with Crippen molar-refractivity contribution in [3.05, 3.63) is 35.9 Å². The van der Waals surface area contributed by atoms with Crippen LogP contribution in [-0.4, -0.2) is 26.3 Å². The molecular formula is C13H17NO. The maximum absolute atomic E-state index is 5.47. The van der Waals surface area contributed by atoms with Gasteiger partial charge in [0.1, 0.15) is 6.61 Å². The third kappa shape index (κ3) is 5.21. The number of nitrogens with one attached hydrogen (secondary N) is 1. The molecule has 15 heavy (non-hydrogen) atoms. The largest absolute Gasteiger partial charge is 0.365 e. The molecule has 2 heteroatoms. The highest BCUT2D eigenvalue weighted by Crippen LogP contribution is 1.94. The summed E-state index contributed by atoms with van der Waals surface area (Å²) in [5.74, 6) is 6.04. The Kier molecular flexibility index (Phi) is 5.54. The number of rotatable bonds is 4. The van der Waals surface area contributed by atoms with Crippen LogP contribution in [-0.2, 0) is 4.74 Å². The molecule has 0 saturated carbocycles. The van der Waals surface area contributed by atoms with Gasteiger partial charge in [0, 0.05) is 12.1 Å². The predicted octanol–water partition coefficient (Wildman–Crippen LogP) is 1.66. The lowest BCUT2D eigenvalue weighted by molar-refractivity contribution is 0.0932. The number of hydrogen-bond donors (Lipinski definition) is 1. The summed E-state index contributed by atoms with van der Waals surface area (Å²) in [6, 6.07) is 9.92. The second-order valence-electron chi connectivity index (χ2n) is 3.35. The molecule has 0 radical (unpaired) electrons. The molecule has 1 unspecified atom stereocenters. The summed E-state index contributed by atoms with van der Waals surface area (Å²) < 4.78 is 5.47. The van der Waals surface area contributed by atoms with E-state index in [2.05, 4.69) is 17.2 Å². The minimum Gasteiger partial charge on any atom is -0.365 e. The van der Waals surface area contributed by atoms with Gasteiger partial charge in [-0.3, -0.25) is 0 Å². The highest BCUT2D eigenvalue weighted by atomic mass is 16.5. The topological polar surface area (TPSA) is 21.3 Å². The fourth-order valence-corrected chi connectivity index (χ4v) is 1.19. The molecule has 1 aromatic rings. The van der Waals surface area contributed by atoms with Crippen LogP contribution in [0.5, 0.6) is 0 Å². The Labute approximate surface area is 91.6 Å². The van der Waals surface area contributed by atoms with E-state index in [9.17, 15) is 0 Å². The smallest absolute Gasteiger partial charge is 0.108 e. The van der Waals surface area contributed by atoms with Crippen molar-refractivity contribution in [2.45, 2.75) is 13.0 Å². The molecule has 0 aliphatic rings. The van der Waals surface area contributed by atoms with Gasteiger partial charge in [-0.1, -0.05) is 30.0 Å². The zero-order valence-electron chi connectivity index (χ0n) is 9.29. The van der Waals surface area contributed by atoms with Gasteiger partial charge in [-0.05, 0) is 26.1 Å². The van der Waals surface area contributed by atoms with E-state index in [0.717, 1.165) is 12.1 Å². The van der Waals surface area contributed by atoms with Crippen LogP contribution in [0.25, 0.3) is 0 Å². The zero-order chi connectivity index (χ0) is 10.9. The summed E-state index contributed by atoms with van der Waals surface area (Å²) in [5.41, 5.74) is 1.03. The summed E-state index contributed by atoms with van der Waals surface area (Å²) >= 11 is 0. The molecule has 1 atom stereocenters. The van der Waals surface area contributed by atoms with Crippen LogP contribution in [0.1, 0.15) is 12.5 Å². The molecule has 0 aromatic heterocycles. The predicted molar refractivity (Wildman–Crippen MR) is 62.7 cm³/mol. The monoisotopic (exact) mass is 203 g/mol. The average molecular weight is 203 g/mol. The van der Waals surface area contributed by atoms with Gasteiger partial charge in [-0.15, -0.1) is 0 Å². The average Bonchev–Trinajstić information content (AvgIpc) is 2.26. The van der Waals surface area contributed by atoms with Crippen molar-refractivity contribution in [2.24, 2.45) is 0 Å². The Hall–Kier alpha value is -1.30. The van der Waals surface area contributed by atoms with E-state index in [-0.39, 0.29) is 6.10 Å². The minimum atomic E-state index is 0.208. The number of ether oxygens (including phenoxy) is 1. The zero-order valence-corrected chi connectivity index (χ0v) is 9.29. The van der Waals surface area contributed by atoms with Crippen molar-refractivity contribution in [3.63, 3.8) is 0 Å². The van der Waals surface area contributed by atoms with Crippen molar-refractivity contribution in [1.82, 2.24) is 5.32 Å². The number of benzene rings is 1. The number of hydrogen-bond acceptors (Lipinski definition) is 2. The standard InChI is InChI=1S/C13H17NO/c1-12(11-14-2)15-10-6-9-13-7-4-3-5-8-13/h3-5,7-8,12,14H,10-11H2,1-2H3. The van der Waals surface area contributed by atoms with Crippen LogP contribution in [0.3, 0.4) is 0 Å². The van der Waals surface area contributed by atoms with Crippen LogP contribution >= 0.6 is 0 Å². The molecule has 0 saturated heterocycles. The second-order valence-corrected chi connectivity index (χ2v) is 3.35. The molecule has 0 spiro atoms. The lowest BCUT2D eigenvalue weighted by Crippen LogP contribution is -2.23. The molecule has 0 amide bonds.